The normalized spacial score (nSPS) is 12.5. The molecule has 3 nitrogen and oxygen atoms in total. The van der Waals surface area contributed by atoms with Crippen LogP contribution in [-0.4, -0.2) is 18.2 Å². The lowest BCUT2D eigenvalue weighted by molar-refractivity contribution is -0.206. The van der Waals surface area contributed by atoms with Crippen molar-refractivity contribution in [3.8, 4) is 5.75 Å². The van der Waals surface area contributed by atoms with Gasteiger partial charge in [-0.3, -0.25) is 0 Å². The molecule has 0 amide bonds. The Balaban J connectivity index is 1.70. The van der Waals surface area contributed by atoms with Crippen LogP contribution >= 0.6 is 0 Å². The van der Waals surface area contributed by atoms with Gasteiger partial charge >= 0.3 is 12.1 Å². The molecule has 0 heterocycles. The monoisotopic (exact) mass is 416 g/mol. The molecular weight excluding hydrogens is 393 g/mol. The molecule has 6 heteroatoms. The molecule has 0 aromatic heterocycles. The summed E-state index contributed by atoms with van der Waals surface area (Å²) >= 11 is 0. The molecule has 158 valence electrons. The van der Waals surface area contributed by atoms with Gasteiger partial charge < -0.3 is 9.47 Å². The quantitative estimate of drug-likeness (QED) is 0.384. The maximum atomic E-state index is 13.1. The van der Waals surface area contributed by atoms with Gasteiger partial charge in [-0.25, -0.2) is 4.79 Å². The predicted octanol–water partition coefficient (Wildman–Crippen LogP) is 6.70. The highest BCUT2D eigenvalue weighted by Crippen LogP contribution is 2.28. The van der Waals surface area contributed by atoms with Crippen LogP contribution in [0.25, 0.3) is 10.8 Å². The minimum Gasteiger partial charge on any atom is -0.489 e. The molecule has 0 spiro atoms. The van der Waals surface area contributed by atoms with E-state index < -0.39 is 18.2 Å². The average molecular weight is 416 g/mol. The zero-order chi connectivity index (χ0) is 21.6. The van der Waals surface area contributed by atoms with Crippen molar-refractivity contribution in [1.82, 2.24) is 0 Å². The summed E-state index contributed by atoms with van der Waals surface area (Å²) in [6.45, 7) is 2.21. The van der Waals surface area contributed by atoms with Crippen LogP contribution in [0.1, 0.15) is 42.1 Å². The number of carbonyl (C=O) groups excluding carboxylic acids is 1. The minimum absolute atomic E-state index is 0.0891. The third kappa shape index (κ3) is 5.75. The van der Waals surface area contributed by atoms with Crippen molar-refractivity contribution in [2.45, 2.75) is 45.1 Å². The molecule has 3 aromatic rings. The lowest BCUT2D eigenvalue weighted by atomic mass is 10.1. The van der Waals surface area contributed by atoms with E-state index in [1.54, 1.807) is 25.1 Å². The maximum absolute atomic E-state index is 13.1. The first kappa shape index (κ1) is 21.7. The topological polar surface area (TPSA) is 35.5 Å². The van der Waals surface area contributed by atoms with Gasteiger partial charge in [-0.05, 0) is 53.4 Å². The summed E-state index contributed by atoms with van der Waals surface area (Å²) in [4.78, 5) is 12.3. The summed E-state index contributed by atoms with van der Waals surface area (Å²) in [5.41, 5.74) is 1.13. The zero-order valence-corrected chi connectivity index (χ0v) is 16.6. The Hall–Kier alpha value is -3.02. The van der Waals surface area contributed by atoms with Crippen LogP contribution in [0.15, 0.2) is 66.7 Å². The summed E-state index contributed by atoms with van der Waals surface area (Å²) in [6, 6.07) is 19.8. The molecule has 0 fully saturated rings. The number of esters is 1. The van der Waals surface area contributed by atoms with Gasteiger partial charge in [0.2, 0.25) is 0 Å². The molecule has 0 bridgehead atoms. The van der Waals surface area contributed by atoms with E-state index in [2.05, 4.69) is 0 Å². The van der Waals surface area contributed by atoms with E-state index in [9.17, 15) is 18.0 Å². The number of halogens is 3. The molecule has 0 unspecified atom stereocenters. The highest BCUT2D eigenvalue weighted by Gasteiger charge is 2.42. The molecule has 0 radical (unpaired) electrons. The third-order valence-corrected chi connectivity index (χ3v) is 4.73. The molecule has 3 rings (SSSR count). The van der Waals surface area contributed by atoms with Gasteiger partial charge in [-0.2, -0.15) is 13.2 Å². The Morgan fingerprint density at radius 2 is 1.67 bits per heavy atom. The van der Waals surface area contributed by atoms with E-state index in [0.717, 1.165) is 10.9 Å². The van der Waals surface area contributed by atoms with E-state index in [1.807, 2.05) is 36.4 Å². The summed E-state index contributed by atoms with van der Waals surface area (Å²) in [5.74, 6) is -0.307. The fourth-order valence-electron chi connectivity index (χ4n) is 3.06. The molecule has 30 heavy (non-hydrogen) atoms. The molecule has 1 atom stereocenters. The molecular formula is C24H23F3O3. The van der Waals surface area contributed by atoms with Crippen molar-refractivity contribution >= 4 is 16.7 Å². The highest BCUT2D eigenvalue weighted by atomic mass is 19.4. The van der Waals surface area contributed by atoms with Crippen molar-refractivity contribution in [2.75, 3.05) is 0 Å². The van der Waals surface area contributed by atoms with Gasteiger partial charge in [0.15, 0.2) is 6.10 Å². The Morgan fingerprint density at radius 1 is 0.967 bits per heavy atom. The second-order valence-corrected chi connectivity index (χ2v) is 7.08. The molecule has 0 saturated carbocycles. The second kappa shape index (κ2) is 9.65. The SMILES string of the molecule is CCCC[C@@H](OC(=O)c1ccc2cc(OCc3ccccc3)ccc2c1)C(F)(F)F. The van der Waals surface area contributed by atoms with Crippen LogP contribution in [0.3, 0.4) is 0 Å². The fraction of sp³-hybridized carbons (Fsp3) is 0.292. The minimum atomic E-state index is -4.58. The molecule has 0 aliphatic rings. The number of fused-ring (bicyclic) bond motifs is 1. The van der Waals surface area contributed by atoms with Gasteiger partial charge in [0.05, 0.1) is 5.56 Å². The standard InChI is InChI=1S/C24H23F3O3/c1-2-3-9-22(24(25,26)27)30-23(28)20-11-10-19-15-21(13-12-18(19)14-20)29-16-17-7-5-4-6-8-17/h4-8,10-15,22H,2-3,9,16H2,1H3/t22-/m1/s1. The first-order chi connectivity index (χ1) is 14.4. The van der Waals surface area contributed by atoms with Crippen molar-refractivity contribution in [3.05, 3.63) is 77.9 Å². The molecule has 0 saturated heterocycles. The molecule has 3 aromatic carbocycles. The summed E-state index contributed by atoms with van der Waals surface area (Å²) in [7, 11) is 0. The van der Waals surface area contributed by atoms with E-state index in [0.29, 0.717) is 30.6 Å². The number of carbonyl (C=O) groups is 1. The summed E-state index contributed by atoms with van der Waals surface area (Å²) < 4.78 is 49.9. The van der Waals surface area contributed by atoms with E-state index >= 15 is 0 Å². The largest absolute Gasteiger partial charge is 0.489 e. The first-order valence-corrected chi connectivity index (χ1v) is 9.85. The fourth-order valence-corrected chi connectivity index (χ4v) is 3.06. The van der Waals surface area contributed by atoms with Crippen molar-refractivity contribution < 1.29 is 27.4 Å². The lowest BCUT2D eigenvalue weighted by Gasteiger charge is -2.20. The predicted molar refractivity (Wildman–Crippen MR) is 110 cm³/mol. The van der Waals surface area contributed by atoms with Gasteiger partial charge in [-0.15, -0.1) is 0 Å². The second-order valence-electron chi connectivity index (χ2n) is 7.08. The van der Waals surface area contributed by atoms with Crippen molar-refractivity contribution in [1.29, 1.82) is 0 Å². The Bertz CT molecular complexity index is 984. The van der Waals surface area contributed by atoms with Crippen LogP contribution in [0.2, 0.25) is 0 Å². The zero-order valence-electron chi connectivity index (χ0n) is 16.6. The Labute approximate surface area is 173 Å². The van der Waals surface area contributed by atoms with Gasteiger partial charge in [-0.1, -0.05) is 55.8 Å². The average Bonchev–Trinajstić information content (AvgIpc) is 2.74. The number of benzene rings is 3. The van der Waals surface area contributed by atoms with Crippen molar-refractivity contribution in [2.24, 2.45) is 0 Å². The number of unbranched alkanes of at least 4 members (excludes halogenated alkanes) is 1. The Morgan fingerprint density at radius 3 is 2.37 bits per heavy atom. The van der Waals surface area contributed by atoms with Crippen molar-refractivity contribution in [3.63, 3.8) is 0 Å². The summed E-state index contributed by atoms with van der Waals surface area (Å²) in [6.07, 6.45) is -5.97. The van der Waals surface area contributed by atoms with Crippen LogP contribution < -0.4 is 4.74 Å². The van der Waals surface area contributed by atoms with E-state index in [1.165, 1.54) is 12.1 Å². The van der Waals surface area contributed by atoms with Gasteiger partial charge in [0, 0.05) is 0 Å². The molecule has 0 N–H and O–H groups in total. The van der Waals surface area contributed by atoms with Gasteiger partial charge in [0.25, 0.3) is 0 Å². The van der Waals surface area contributed by atoms with Gasteiger partial charge in [0.1, 0.15) is 12.4 Å². The smallest absolute Gasteiger partial charge is 0.425 e. The van der Waals surface area contributed by atoms with Crippen LogP contribution in [0, 0.1) is 0 Å². The van der Waals surface area contributed by atoms with Crippen LogP contribution in [0.4, 0.5) is 13.2 Å². The number of rotatable bonds is 8. The van der Waals surface area contributed by atoms with E-state index in [4.69, 9.17) is 9.47 Å². The number of hydrogen-bond donors (Lipinski definition) is 0. The lowest BCUT2D eigenvalue weighted by Crippen LogP contribution is -2.33. The number of ether oxygens (including phenoxy) is 2. The Kier molecular flexibility index (Phi) is 6.98. The van der Waals surface area contributed by atoms with E-state index in [-0.39, 0.29) is 12.0 Å². The molecule has 0 aliphatic heterocycles. The highest BCUT2D eigenvalue weighted by molar-refractivity contribution is 5.95. The maximum Gasteiger partial charge on any atom is 0.425 e. The van der Waals surface area contributed by atoms with Crippen LogP contribution in [-0.2, 0) is 11.3 Å². The third-order valence-electron chi connectivity index (χ3n) is 4.73. The first-order valence-electron chi connectivity index (χ1n) is 9.85. The number of alkyl halides is 3. The van der Waals surface area contributed by atoms with Crippen LogP contribution in [0.5, 0.6) is 5.75 Å². The summed E-state index contributed by atoms with van der Waals surface area (Å²) in [5, 5.41) is 1.53. The number of hydrogen-bond acceptors (Lipinski definition) is 3. The molecule has 0 aliphatic carbocycles.